The zero-order valence-electron chi connectivity index (χ0n) is 21.1. The predicted molar refractivity (Wildman–Crippen MR) is 143 cm³/mol. The molecule has 1 amide bonds. The smallest absolute Gasteiger partial charge is 0.301 e. The number of hydrogen-bond acceptors (Lipinski definition) is 7. The number of amides is 1. The second-order valence-electron chi connectivity index (χ2n) is 9.11. The lowest BCUT2D eigenvalue weighted by Gasteiger charge is -2.28. The summed E-state index contributed by atoms with van der Waals surface area (Å²) >= 11 is 0. The van der Waals surface area contributed by atoms with Crippen molar-refractivity contribution in [2.75, 3.05) is 37.7 Å². The SMILES string of the molecule is O=C(CNC(=O)c1nc2ccc(N3CCOCC3)cn2c(=O)c1OCc1ccccc1)Cc1ccc(F)cc1. The van der Waals surface area contributed by atoms with Gasteiger partial charge in [-0.2, -0.15) is 0 Å². The van der Waals surface area contributed by atoms with Crippen LogP contribution in [0.2, 0.25) is 0 Å². The van der Waals surface area contributed by atoms with Crippen molar-refractivity contribution in [1.29, 1.82) is 0 Å². The minimum Gasteiger partial charge on any atom is -0.481 e. The van der Waals surface area contributed by atoms with E-state index in [1.54, 1.807) is 12.3 Å². The molecule has 2 aromatic carbocycles. The lowest BCUT2D eigenvalue weighted by molar-refractivity contribution is -0.117. The van der Waals surface area contributed by atoms with Crippen LogP contribution >= 0.6 is 0 Å². The van der Waals surface area contributed by atoms with Crippen LogP contribution in [0.4, 0.5) is 10.1 Å². The fourth-order valence-electron chi connectivity index (χ4n) is 4.29. The molecule has 0 atom stereocenters. The molecule has 39 heavy (non-hydrogen) atoms. The summed E-state index contributed by atoms with van der Waals surface area (Å²) in [7, 11) is 0. The summed E-state index contributed by atoms with van der Waals surface area (Å²) in [5.74, 6) is -1.59. The molecule has 9 nitrogen and oxygen atoms in total. The molecule has 1 aliphatic rings. The van der Waals surface area contributed by atoms with E-state index in [2.05, 4.69) is 15.2 Å². The summed E-state index contributed by atoms with van der Waals surface area (Å²) in [5, 5.41) is 2.55. The summed E-state index contributed by atoms with van der Waals surface area (Å²) in [5.41, 5.74) is 1.79. The van der Waals surface area contributed by atoms with E-state index in [-0.39, 0.29) is 42.4 Å². The number of ketones is 1. The standard InChI is InChI=1S/C29H27FN4O5/c30-22-8-6-20(7-9-22)16-24(35)17-31-28(36)26-27(39-19-21-4-2-1-3-5-21)29(37)34-18-23(10-11-25(34)32-26)33-12-14-38-15-13-33/h1-11,18H,12-17,19H2,(H,31,36). The summed E-state index contributed by atoms with van der Waals surface area (Å²) in [6.45, 7) is 2.34. The highest BCUT2D eigenvalue weighted by atomic mass is 19.1. The summed E-state index contributed by atoms with van der Waals surface area (Å²) in [6.07, 6.45) is 1.70. The van der Waals surface area contributed by atoms with Crippen LogP contribution in [0.1, 0.15) is 21.6 Å². The largest absolute Gasteiger partial charge is 0.481 e. The van der Waals surface area contributed by atoms with Gasteiger partial charge in [0.25, 0.3) is 5.91 Å². The van der Waals surface area contributed by atoms with Crippen molar-refractivity contribution in [2.45, 2.75) is 13.0 Å². The van der Waals surface area contributed by atoms with Crippen molar-refractivity contribution in [1.82, 2.24) is 14.7 Å². The topological polar surface area (TPSA) is 102 Å². The number of nitrogens with one attached hydrogen (secondary N) is 1. The lowest BCUT2D eigenvalue weighted by atomic mass is 10.1. The molecular formula is C29H27FN4O5. The number of rotatable bonds is 9. The maximum Gasteiger partial charge on any atom is 0.301 e. The summed E-state index contributed by atoms with van der Waals surface area (Å²) < 4.78 is 25.8. The van der Waals surface area contributed by atoms with E-state index in [0.29, 0.717) is 31.9 Å². The van der Waals surface area contributed by atoms with Crippen molar-refractivity contribution in [3.63, 3.8) is 0 Å². The minimum absolute atomic E-state index is 0.0239. The molecule has 3 heterocycles. The molecule has 0 bridgehead atoms. The van der Waals surface area contributed by atoms with Crippen LogP contribution in [0.3, 0.4) is 0 Å². The van der Waals surface area contributed by atoms with E-state index in [1.165, 1.54) is 28.7 Å². The average molecular weight is 531 g/mol. The van der Waals surface area contributed by atoms with E-state index >= 15 is 0 Å². The number of carbonyl (C=O) groups is 2. The third-order valence-corrected chi connectivity index (χ3v) is 6.34. The number of benzene rings is 2. The van der Waals surface area contributed by atoms with Crippen LogP contribution in [0.15, 0.2) is 77.7 Å². The molecule has 0 aliphatic carbocycles. The van der Waals surface area contributed by atoms with E-state index in [4.69, 9.17) is 9.47 Å². The van der Waals surface area contributed by atoms with E-state index in [1.807, 2.05) is 36.4 Å². The molecule has 1 aliphatic heterocycles. The number of aromatic nitrogens is 2. The molecule has 0 saturated carbocycles. The van der Waals surface area contributed by atoms with Crippen molar-refractivity contribution < 1.29 is 23.5 Å². The third-order valence-electron chi connectivity index (χ3n) is 6.34. The first-order chi connectivity index (χ1) is 19.0. The van der Waals surface area contributed by atoms with Crippen molar-refractivity contribution in [2.24, 2.45) is 0 Å². The average Bonchev–Trinajstić information content (AvgIpc) is 2.97. The van der Waals surface area contributed by atoms with Crippen molar-refractivity contribution in [3.05, 3.63) is 106 Å². The third kappa shape index (κ3) is 6.29. The summed E-state index contributed by atoms with van der Waals surface area (Å²) in [4.78, 5) is 45.8. The van der Waals surface area contributed by atoms with Gasteiger partial charge in [0.2, 0.25) is 5.75 Å². The fraction of sp³-hybridized carbons (Fsp3) is 0.241. The minimum atomic E-state index is -0.706. The quantitative estimate of drug-likeness (QED) is 0.355. The molecule has 1 N–H and O–H groups in total. The van der Waals surface area contributed by atoms with Crippen LogP contribution in [0.5, 0.6) is 5.75 Å². The number of nitrogens with zero attached hydrogens (tertiary/aromatic N) is 3. The Morgan fingerprint density at radius 2 is 1.72 bits per heavy atom. The highest BCUT2D eigenvalue weighted by Gasteiger charge is 2.22. The Labute approximate surface area is 223 Å². The number of hydrogen-bond donors (Lipinski definition) is 1. The van der Waals surface area contributed by atoms with Gasteiger partial charge < -0.3 is 19.7 Å². The van der Waals surface area contributed by atoms with E-state index < -0.39 is 17.3 Å². The number of Topliss-reactive ketones (excluding diaryl/α,β-unsaturated/α-hetero) is 1. The molecule has 2 aromatic heterocycles. The Morgan fingerprint density at radius 1 is 0.974 bits per heavy atom. The first-order valence-electron chi connectivity index (χ1n) is 12.6. The molecule has 0 spiro atoms. The van der Waals surface area contributed by atoms with Crippen molar-refractivity contribution in [3.8, 4) is 5.75 Å². The molecule has 200 valence electrons. The molecule has 10 heteroatoms. The number of carbonyl (C=O) groups excluding carboxylic acids is 2. The molecular weight excluding hydrogens is 503 g/mol. The van der Waals surface area contributed by atoms with Crippen LogP contribution in [-0.2, 0) is 22.6 Å². The lowest BCUT2D eigenvalue weighted by Crippen LogP contribution is -2.36. The van der Waals surface area contributed by atoms with Gasteiger partial charge in [-0.05, 0) is 35.4 Å². The highest BCUT2D eigenvalue weighted by molar-refractivity contribution is 5.98. The monoisotopic (exact) mass is 530 g/mol. The van der Waals surface area contributed by atoms with Crippen LogP contribution in [0.25, 0.3) is 5.65 Å². The van der Waals surface area contributed by atoms with Crippen LogP contribution in [-0.4, -0.2) is 53.9 Å². The first kappa shape index (κ1) is 26.1. The Balaban J connectivity index is 1.41. The number of morpholine rings is 1. The van der Waals surface area contributed by atoms with Crippen LogP contribution < -0.4 is 20.5 Å². The Morgan fingerprint density at radius 3 is 2.46 bits per heavy atom. The van der Waals surface area contributed by atoms with Gasteiger partial charge in [-0.3, -0.25) is 18.8 Å². The number of fused-ring (bicyclic) bond motifs is 1. The van der Waals surface area contributed by atoms with Gasteiger partial charge >= 0.3 is 5.56 Å². The fourth-order valence-corrected chi connectivity index (χ4v) is 4.29. The first-order valence-corrected chi connectivity index (χ1v) is 12.6. The van der Waals surface area contributed by atoms with E-state index in [9.17, 15) is 18.8 Å². The normalized spacial score (nSPS) is 13.3. The van der Waals surface area contributed by atoms with Crippen molar-refractivity contribution >= 4 is 23.0 Å². The van der Waals surface area contributed by atoms with Gasteiger partial charge in [0.1, 0.15) is 18.1 Å². The Kier molecular flexibility index (Phi) is 7.93. The van der Waals surface area contributed by atoms with Gasteiger partial charge in [0.15, 0.2) is 11.5 Å². The number of ether oxygens (including phenoxy) is 2. The second-order valence-corrected chi connectivity index (χ2v) is 9.11. The molecule has 4 aromatic rings. The maximum absolute atomic E-state index is 13.6. The van der Waals surface area contributed by atoms with Gasteiger partial charge in [-0.25, -0.2) is 9.37 Å². The van der Waals surface area contributed by atoms with Gasteiger partial charge in [0.05, 0.1) is 25.4 Å². The van der Waals surface area contributed by atoms with E-state index in [0.717, 1.165) is 11.3 Å². The molecule has 1 fully saturated rings. The molecule has 5 rings (SSSR count). The molecule has 1 saturated heterocycles. The zero-order chi connectivity index (χ0) is 27.2. The van der Waals surface area contributed by atoms with Gasteiger partial charge in [-0.15, -0.1) is 0 Å². The van der Waals surface area contributed by atoms with Gasteiger partial charge in [0, 0.05) is 25.7 Å². The summed E-state index contributed by atoms with van der Waals surface area (Å²) in [6, 6.07) is 18.3. The Bertz CT molecular complexity index is 1530. The number of pyridine rings is 1. The number of anilines is 1. The second kappa shape index (κ2) is 11.9. The predicted octanol–water partition coefficient (Wildman–Crippen LogP) is 2.79. The highest BCUT2D eigenvalue weighted by Crippen LogP contribution is 2.19. The van der Waals surface area contributed by atoms with Gasteiger partial charge in [-0.1, -0.05) is 42.5 Å². The molecule has 0 radical (unpaired) electrons. The number of halogens is 1. The zero-order valence-corrected chi connectivity index (χ0v) is 21.1. The van der Waals surface area contributed by atoms with Crippen LogP contribution in [0, 0.1) is 5.82 Å². The maximum atomic E-state index is 13.6. The molecule has 0 unspecified atom stereocenters. The Hall–Kier alpha value is -4.57.